The minimum absolute atomic E-state index is 0.0483. The van der Waals surface area contributed by atoms with E-state index in [9.17, 15) is 13.2 Å². The molecule has 0 radical (unpaired) electrons. The molecule has 0 bridgehead atoms. The van der Waals surface area contributed by atoms with E-state index in [1.165, 1.54) is 18.2 Å². The van der Waals surface area contributed by atoms with Gasteiger partial charge in [-0.1, -0.05) is 6.07 Å². The number of oxazole rings is 1. The van der Waals surface area contributed by atoms with Crippen molar-refractivity contribution in [1.29, 1.82) is 0 Å². The predicted molar refractivity (Wildman–Crippen MR) is 90.7 cm³/mol. The van der Waals surface area contributed by atoms with Crippen LogP contribution >= 0.6 is 0 Å². The van der Waals surface area contributed by atoms with Gasteiger partial charge < -0.3 is 19.8 Å². The van der Waals surface area contributed by atoms with E-state index in [1.807, 2.05) is 20.8 Å². The Bertz CT molecular complexity index is 743. The molecule has 6 nitrogen and oxygen atoms in total. The molecule has 0 unspecified atom stereocenters. The van der Waals surface area contributed by atoms with Crippen LogP contribution in [0.2, 0.25) is 0 Å². The van der Waals surface area contributed by atoms with Crippen LogP contribution in [0.5, 0.6) is 5.75 Å². The topological polar surface area (TPSA) is 71.7 Å². The summed E-state index contributed by atoms with van der Waals surface area (Å²) in [5.74, 6) is 0.676. The lowest BCUT2D eigenvalue weighted by molar-refractivity contribution is -0.0506. The molecule has 26 heavy (non-hydrogen) atoms. The molecule has 9 heteroatoms. The van der Waals surface area contributed by atoms with Gasteiger partial charge in [0.15, 0.2) is 5.96 Å². The van der Waals surface area contributed by atoms with E-state index in [4.69, 9.17) is 4.42 Å². The first-order valence-electron chi connectivity index (χ1n) is 8.08. The van der Waals surface area contributed by atoms with Gasteiger partial charge in [-0.25, -0.2) is 14.4 Å². The van der Waals surface area contributed by atoms with E-state index in [0.29, 0.717) is 18.4 Å². The molecule has 0 amide bonds. The molecule has 1 aromatic heterocycles. The summed E-state index contributed by atoms with van der Waals surface area (Å²) >= 11 is 0. The summed E-state index contributed by atoms with van der Waals surface area (Å²) in [5, 5.41) is 5.98. The highest BCUT2D eigenvalue weighted by molar-refractivity contribution is 5.79. The maximum atomic E-state index is 14.0. The predicted octanol–water partition coefficient (Wildman–Crippen LogP) is 3.29. The average Bonchev–Trinajstić information content (AvgIpc) is 2.89. The molecule has 0 fully saturated rings. The fraction of sp³-hybridized carbons (Fsp3) is 0.412. The number of rotatable bonds is 7. The molecule has 0 spiro atoms. The molecular formula is C17H21F3N4O2. The standard InChI is InChI=1S/C17H21F3N4O2/c1-4-21-17(23-9-15-24-10(2)11(3)25-15)22-8-12-13(18)6-5-7-14(12)26-16(19)20/h5-7,16H,4,8-9H2,1-3H3,(H2,21,22,23). The maximum absolute atomic E-state index is 14.0. The van der Waals surface area contributed by atoms with E-state index in [1.54, 1.807) is 0 Å². The molecule has 2 rings (SSSR count). The molecule has 0 atom stereocenters. The number of hydrogen-bond acceptors (Lipinski definition) is 4. The van der Waals surface area contributed by atoms with Crippen molar-refractivity contribution in [2.24, 2.45) is 4.99 Å². The lowest BCUT2D eigenvalue weighted by Gasteiger charge is -2.12. The smallest absolute Gasteiger partial charge is 0.387 e. The van der Waals surface area contributed by atoms with Crippen molar-refractivity contribution >= 4 is 5.96 Å². The third kappa shape index (κ3) is 5.40. The molecule has 1 aromatic carbocycles. The third-order valence-corrected chi connectivity index (χ3v) is 3.51. The summed E-state index contributed by atoms with van der Waals surface area (Å²) in [5.41, 5.74) is 0.747. The van der Waals surface area contributed by atoms with E-state index >= 15 is 0 Å². The number of alkyl halides is 2. The Kier molecular flexibility index (Phi) is 6.88. The van der Waals surface area contributed by atoms with Crippen molar-refractivity contribution in [2.45, 2.75) is 40.5 Å². The summed E-state index contributed by atoms with van der Waals surface area (Å²) in [6, 6.07) is 3.75. The van der Waals surface area contributed by atoms with Crippen LogP contribution in [0.4, 0.5) is 13.2 Å². The van der Waals surface area contributed by atoms with Crippen LogP contribution in [0.3, 0.4) is 0 Å². The first kappa shape index (κ1) is 19.6. The van der Waals surface area contributed by atoms with Gasteiger partial charge in [-0.15, -0.1) is 0 Å². The number of halogens is 3. The number of nitrogens with zero attached hydrogens (tertiary/aromatic N) is 2. The van der Waals surface area contributed by atoms with Gasteiger partial charge in [0.2, 0.25) is 5.89 Å². The summed E-state index contributed by atoms with van der Waals surface area (Å²) in [7, 11) is 0. The monoisotopic (exact) mass is 370 g/mol. The van der Waals surface area contributed by atoms with Crippen molar-refractivity contribution in [1.82, 2.24) is 15.6 Å². The third-order valence-electron chi connectivity index (χ3n) is 3.51. The number of ether oxygens (including phenoxy) is 1. The first-order chi connectivity index (χ1) is 12.4. The molecule has 0 aliphatic heterocycles. The average molecular weight is 370 g/mol. The van der Waals surface area contributed by atoms with Crippen LogP contribution in [0.25, 0.3) is 0 Å². The highest BCUT2D eigenvalue weighted by Crippen LogP contribution is 2.24. The largest absolute Gasteiger partial charge is 0.444 e. The number of nitrogens with one attached hydrogen (secondary N) is 2. The number of benzene rings is 1. The second kappa shape index (κ2) is 9.12. The van der Waals surface area contributed by atoms with Crippen molar-refractivity contribution in [2.75, 3.05) is 6.54 Å². The zero-order chi connectivity index (χ0) is 19.1. The molecule has 2 N–H and O–H groups in total. The Balaban J connectivity index is 2.11. The van der Waals surface area contributed by atoms with Crippen LogP contribution in [0.1, 0.15) is 29.8 Å². The molecule has 2 aromatic rings. The van der Waals surface area contributed by atoms with Crippen molar-refractivity contribution in [3.05, 3.63) is 46.9 Å². The Morgan fingerprint density at radius 1 is 1.31 bits per heavy atom. The van der Waals surface area contributed by atoms with Crippen LogP contribution < -0.4 is 15.4 Å². The molecule has 0 saturated heterocycles. The van der Waals surface area contributed by atoms with Gasteiger partial charge in [0.1, 0.15) is 17.3 Å². The minimum atomic E-state index is -3.04. The lowest BCUT2D eigenvalue weighted by atomic mass is 10.2. The summed E-state index contributed by atoms with van der Waals surface area (Å²) in [6.45, 7) is 3.14. The Morgan fingerprint density at radius 2 is 2.08 bits per heavy atom. The van der Waals surface area contributed by atoms with Gasteiger partial charge in [0, 0.05) is 6.54 Å². The highest BCUT2D eigenvalue weighted by Gasteiger charge is 2.14. The van der Waals surface area contributed by atoms with Gasteiger partial charge in [-0.05, 0) is 32.9 Å². The van der Waals surface area contributed by atoms with Gasteiger partial charge in [-0.2, -0.15) is 8.78 Å². The van der Waals surface area contributed by atoms with E-state index < -0.39 is 12.4 Å². The second-order valence-electron chi connectivity index (χ2n) is 5.39. The van der Waals surface area contributed by atoms with Crippen LogP contribution in [0, 0.1) is 19.7 Å². The fourth-order valence-electron chi connectivity index (χ4n) is 2.17. The van der Waals surface area contributed by atoms with Crippen LogP contribution in [-0.2, 0) is 13.1 Å². The first-order valence-corrected chi connectivity index (χ1v) is 8.08. The van der Waals surface area contributed by atoms with Crippen LogP contribution in [-0.4, -0.2) is 24.1 Å². The number of guanidine groups is 1. The Morgan fingerprint density at radius 3 is 2.69 bits per heavy atom. The number of aliphatic imine (C=N–C) groups is 1. The minimum Gasteiger partial charge on any atom is -0.444 e. The molecule has 1 heterocycles. The second-order valence-corrected chi connectivity index (χ2v) is 5.39. The van der Waals surface area contributed by atoms with Crippen LogP contribution in [0.15, 0.2) is 27.6 Å². The van der Waals surface area contributed by atoms with E-state index in [2.05, 4.69) is 25.3 Å². The Labute approximate surface area is 149 Å². The van der Waals surface area contributed by atoms with Crippen molar-refractivity contribution < 1.29 is 22.3 Å². The van der Waals surface area contributed by atoms with E-state index in [-0.39, 0.29) is 24.4 Å². The number of hydrogen-bond donors (Lipinski definition) is 2. The summed E-state index contributed by atoms with van der Waals surface area (Å²) < 4.78 is 48.7. The summed E-state index contributed by atoms with van der Waals surface area (Å²) in [4.78, 5) is 8.46. The molecular weight excluding hydrogens is 349 g/mol. The van der Waals surface area contributed by atoms with Crippen molar-refractivity contribution in [3.63, 3.8) is 0 Å². The maximum Gasteiger partial charge on any atom is 0.387 e. The molecule has 0 aliphatic carbocycles. The zero-order valence-corrected chi connectivity index (χ0v) is 14.8. The van der Waals surface area contributed by atoms with Gasteiger partial charge in [0.05, 0.1) is 24.3 Å². The van der Waals surface area contributed by atoms with E-state index in [0.717, 1.165) is 11.5 Å². The SMILES string of the molecule is CCNC(=NCc1c(F)cccc1OC(F)F)NCc1nc(C)c(C)o1. The van der Waals surface area contributed by atoms with Gasteiger partial charge >= 0.3 is 6.61 Å². The van der Waals surface area contributed by atoms with Gasteiger partial charge in [0.25, 0.3) is 0 Å². The molecule has 0 saturated carbocycles. The Hall–Kier alpha value is -2.71. The van der Waals surface area contributed by atoms with Gasteiger partial charge in [-0.3, -0.25) is 0 Å². The molecule has 142 valence electrons. The quantitative estimate of drug-likeness (QED) is 0.578. The fourth-order valence-corrected chi connectivity index (χ4v) is 2.17. The lowest BCUT2D eigenvalue weighted by Crippen LogP contribution is -2.36. The summed E-state index contributed by atoms with van der Waals surface area (Å²) in [6.07, 6.45) is 0. The highest BCUT2D eigenvalue weighted by atomic mass is 19.3. The molecule has 0 aliphatic rings. The zero-order valence-electron chi connectivity index (χ0n) is 14.8. The normalized spacial score (nSPS) is 11.7. The van der Waals surface area contributed by atoms with Crippen molar-refractivity contribution in [3.8, 4) is 5.75 Å². The number of aromatic nitrogens is 1. The number of aryl methyl sites for hydroxylation is 2.